The Balaban J connectivity index is 1.77. The molecule has 0 aliphatic heterocycles. The first kappa shape index (κ1) is 14.8. The maximum Gasteiger partial charge on any atom is 0.405 e. The number of ether oxygens (including phenoxy) is 1. The molecule has 1 unspecified atom stereocenters. The molecule has 0 spiro atoms. The number of aromatic nitrogens is 1. The highest BCUT2D eigenvalue weighted by Crippen LogP contribution is 2.38. The fourth-order valence-corrected chi connectivity index (χ4v) is 3.15. The van der Waals surface area contributed by atoms with Crippen molar-refractivity contribution in [3.63, 3.8) is 0 Å². The molecule has 22 heavy (non-hydrogen) atoms. The van der Waals surface area contributed by atoms with E-state index in [1.165, 1.54) is 0 Å². The number of carbonyl (C=O) groups is 2. The third kappa shape index (κ3) is 2.65. The van der Waals surface area contributed by atoms with Crippen LogP contribution in [0.2, 0.25) is 0 Å². The van der Waals surface area contributed by atoms with Crippen molar-refractivity contribution in [3.8, 4) is 5.88 Å². The average Bonchev–Trinajstić information content (AvgIpc) is 3.07. The Labute approximate surface area is 128 Å². The van der Waals surface area contributed by atoms with E-state index >= 15 is 0 Å². The zero-order valence-electron chi connectivity index (χ0n) is 12.8. The van der Waals surface area contributed by atoms with Crippen LogP contribution in [0.3, 0.4) is 0 Å². The van der Waals surface area contributed by atoms with Crippen molar-refractivity contribution in [3.05, 3.63) is 22.4 Å². The normalized spacial score (nSPS) is 21.1. The fraction of sp³-hybridized carbons (Fsp3) is 0.562. The number of carboxylic acid groups (broad SMARTS) is 1. The molecule has 1 fully saturated rings. The molecule has 0 bridgehead atoms. The predicted octanol–water partition coefficient (Wildman–Crippen LogP) is 1.79. The summed E-state index contributed by atoms with van der Waals surface area (Å²) in [6, 6.07) is 0. The fourth-order valence-electron chi connectivity index (χ4n) is 3.15. The summed E-state index contributed by atoms with van der Waals surface area (Å²) in [6.45, 7) is 4.18. The van der Waals surface area contributed by atoms with Crippen molar-refractivity contribution in [2.75, 3.05) is 6.61 Å². The molecule has 2 aliphatic carbocycles. The highest BCUT2D eigenvalue weighted by atomic mass is 16.5. The predicted molar refractivity (Wildman–Crippen MR) is 79.3 cm³/mol. The molecule has 6 nitrogen and oxygen atoms in total. The summed E-state index contributed by atoms with van der Waals surface area (Å²) in [6.07, 6.45) is 3.05. The summed E-state index contributed by atoms with van der Waals surface area (Å²) in [4.78, 5) is 26.3. The quantitative estimate of drug-likeness (QED) is 0.810. The van der Waals surface area contributed by atoms with Gasteiger partial charge < -0.3 is 20.0 Å². The number of fused-ring (bicyclic) bond motifs is 1. The van der Waals surface area contributed by atoms with E-state index in [2.05, 4.69) is 10.3 Å². The van der Waals surface area contributed by atoms with E-state index in [9.17, 15) is 9.59 Å². The number of pyridine rings is 1. The summed E-state index contributed by atoms with van der Waals surface area (Å²) >= 11 is 0. The van der Waals surface area contributed by atoms with Crippen molar-refractivity contribution in [2.24, 2.45) is 5.92 Å². The third-order valence-corrected chi connectivity index (χ3v) is 4.68. The number of carbonyl (C=O) groups excluding carboxylic acids is 1. The summed E-state index contributed by atoms with van der Waals surface area (Å²) in [5.74, 6) is 0.592. The second-order valence-electron chi connectivity index (χ2n) is 6.39. The molecular formula is C16H20N2O4. The number of nitrogens with zero attached hydrogens (tertiary/aromatic N) is 1. The Bertz CT molecular complexity index is 638. The van der Waals surface area contributed by atoms with E-state index in [1.807, 2.05) is 13.8 Å². The van der Waals surface area contributed by atoms with Crippen LogP contribution < -0.4 is 10.1 Å². The van der Waals surface area contributed by atoms with Gasteiger partial charge in [-0.05, 0) is 50.7 Å². The van der Waals surface area contributed by atoms with Crippen molar-refractivity contribution in [2.45, 2.75) is 45.1 Å². The molecule has 1 amide bonds. The van der Waals surface area contributed by atoms with Gasteiger partial charge in [0.2, 0.25) is 5.88 Å². The Morgan fingerprint density at radius 2 is 2.09 bits per heavy atom. The zero-order chi connectivity index (χ0) is 15.9. The molecule has 1 atom stereocenters. The van der Waals surface area contributed by atoms with Gasteiger partial charge in [-0.3, -0.25) is 0 Å². The number of amides is 1. The highest BCUT2D eigenvalue weighted by molar-refractivity contribution is 5.66. The molecular weight excluding hydrogens is 284 g/mol. The third-order valence-electron chi connectivity index (χ3n) is 4.68. The first-order valence-electron chi connectivity index (χ1n) is 7.52. The summed E-state index contributed by atoms with van der Waals surface area (Å²) in [7, 11) is 0. The molecule has 2 aliphatic rings. The van der Waals surface area contributed by atoms with E-state index in [1.54, 1.807) is 0 Å². The second-order valence-corrected chi connectivity index (χ2v) is 6.39. The first-order valence-corrected chi connectivity index (χ1v) is 7.52. The van der Waals surface area contributed by atoms with Gasteiger partial charge in [0.15, 0.2) is 0 Å². The minimum absolute atomic E-state index is 0.0351. The molecule has 2 N–H and O–H groups in total. The van der Waals surface area contributed by atoms with E-state index < -0.39 is 11.6 Å². The van der Waals surface area contributed by atoms with E-state index in [0.717, 1.165) is 54.4 Å². The standard InChI is InChI=1S/C16H20N2O4/c1-9-12-5-11(7-19)6-13(12)10(2)17-14(9)22-8-16(3-4-16)18-15(20)21/h7,11,18H,3-6,8H2,1-2H3,(H,20,21). The Morgan fingerprint density at radius 1 is 1.41 bits per heavy atom. The lowest BCUT2D eigenvalue weighted by Crippen LogP contribution is -2.40. The topological polar surface area (TPSA) is 88.5 Å². The smallest absolute Gasteiger partial charge is 0.405 e. The molecule has 3 rings (SSSR count). The maximum absolute atomic E-state index is 11.0. The Morgan fingerprint density at radius 3 is 2.68 bits per heavy atom. The van der Waals surface area contributed by atoms with Crippen LogP contribution in [0.1, 0.15) is 35.2 Å². The van der Waals surface area contributed by atoms with Crippen molar-refractivity contribution in [1.82, 2.24) is 10.3 Å². The molecule has 118 valence electrons. The number of aryl methyl sites for hydroxylation is 1. The lowest BCUT2D eigenvalue weighted by atomic mass is 10.0. The lowest BCUT2D eigenvalue weighted by molar-refractivity contribution is -0.110. The maximum atomic E-state index is 11.0. The number of rotatable bonds is 5. The Kier molecular flexibility index (Phi) is 3.54. The van der Waals surface area contributed by atoms with Crippen LogP contribution in [-0.2, 0) is 17.6 Å². The van der Waals surface area contributed by atoms with Gasteiger partial charge in [-0.1, -0.05) is 0 Å². The molecule has 1 aromatic rings. The monoisotopic (exact) mass is 304 g/mol. The van der Waals surface area contributed by atoms with Crippen LogP contribution in [0, 0.1) is 19.8 Å². The Hall–Kier alpha value is -2.11. The van der Waals surface area contributed by atoms with Crippen LogP contribution in [0.15, 0.2) is 0 Å². The van der Waals surface area contributed by atoms with Crippen molar-refractivity contribution in [1.29, 1.82) is 0 Å². The minimum Gasteiger partial charge on any atom is -0.475 e. The van der Waals surface area contributed by atoms with Gasteiger partial charge >= 0.3 is 6.09 Å². The highest BCUT2D eigenvalue weighted by Gasteiger charge is 2.45. The van der Waals surface area contributed by atoms with Crippen LogP contribution in [0.25, 0.3) is 0 Å². The van der Waals surface area contributed by atoms with Gasteiger partial charge in [0, 0.05) is 17.2 Å². The molecule has 0 saturated heterocycles. The summed E-state index contributed by atoms with van der Waals surface area (Å²) < 4.78 is 5.81. The number of hydrogen-bond donors (Lipinski definition) is 2. The molecule has 1 saturated carbocycles. The van der Waals surface area contributed by atoms with Gasteiger partial charge in [0.05, 0.1) is 5.54 Å². The number of nitrogens with one attached hydrogen (secondary N) is 1. The van der Waals surface area contributed by atoms with E-state index in [0.29, 0.717) is 12.5 Å². The average molecular weight is 304 g/mol. The molecule has 1 aromatic heterocycles. The largest absolute Gasteiger partial charge is 0.475 e. The minimum atomic E-state index is -1.02. The van der Waals surface area contributed by atoms with Gasteiger partial charge in [0.25, 0.3) is 0 Å². The summed E-state index contributed by atoms with van der Waals surface area (Å²) in [5.41, 5.74) is 3.73. The number of aldehydes is 1. The van der Waals surface area contributed by atoms with Crippen molar-refractivity contribution < 1.29 is 19.4 Å². The second kappa shape index (κ2) is 5.26. The molecule has 6 heteroatoms. The van der Waals surface area contributed by atoms with Gasteiger partial charge in [-0.15, -0.1) is 0 Å². The van der Waals surface area contributed by atoms with E-state index in [-0.39, 0.29) is 5.92 Å². The molecule has 0 aromatic carbocycles. The summed E-state index contributed by atoms with van der Waals surface area (Å²) in [5, 5.41) is 11.4. The van der Waals surface area contributed by atoms with Crippen LogP contribution in [0.4, 0.5) is 4.79 Å². The van der Waals surface area contributed by atoms with Gasteiger partial charge in [0.1, 0.15) is 12.9 Å². The zero-order valence-corrected chi connectivity index (χ0v) is 12.8. The van der Waals surface area contributed by atoms with Crippen molar-refractivity contribution >= 4 is 12.4 Å². The van der Waals surface area contributed by atoms with Gasteiger partial charge in [-0.2, -0.15) is 0 Å². The molecule has 0 radical (unpaired) electrons. The van der Waals surface area contributed by atoms with Gasteiger partial charge in [-0.25, -0.2) is 9.78 Å². The van der Waals surface area contributed by atoms with Crippen LogP contribution in [-0.4, -0.2) is 34.6 Å². The number of hydrogen-bond acceptors (Lipinski definition) is 4. The first-order chi connectivity index (χ1) is 10.4. The van der Waals surface area contributed by atoms with Crippen LogP contribution >= 0.6 is 0 Å². The lowest BCUT2D eigenvalue weighted by Gasteiger charge is -2.18. The van der Waals surface area contributed by atoms with E-state index in [4.69, 9.17) is 9.84 Å². The molecule has 1 heterocycles. The SMILES string of the molecule is Cc1nc(OCC2(NC(=O)O)CC2)c(C)c2c1CC(C=O)C2. The van der Waals surface area contributed by atoms with Crippen LogP contribution in [0.5, 0.6) is 5.88 Å².